The number of benzene rings is 1. The first kappa shape index (κ1) is 19.5. The molecule has 4 aromatic rings. The van der Waals surface area contributed by atoms with Crippen LogP contribution in [0.1, 0.15) is 28.8 Å². The summed E-state index contributed by atoms with van der Waals surface area (Å²) in [6.07, 6.45) is 3.98. The van der Waals surface area contributed by atoms with E-state index in [-0.39, 0.29) is 11.6 Å². The number of aromatic nitrogens is 1. The number of rotatable bonds is 3. The van der Waals surface area contributed by atoms with E-state index in [1.165, 1.54) is 32.1 Å². The Labute approximate surface area is 185 Å². The van der Waals surface area contributed by atoms with Gasteiger partial charge in [-0.3, -0.25) is 4.79 Å². The highest BCUT2D eigenvalue weighted by Crippen LogP contribution is 2.43. The Bertz CT molecular complexity index is 1440. The number of para-hydroxylation sites is 1. The molecule has 0 saturated carbocycles. The maximum absolute atomic E-state index is 13.1. The number of anilines is 1. The molecule has 0 atom stereocenters. The number of hydrogen-bond acceptors (Lipinski definition) is 8. The normalized spacial score (nSPS) is 13.5. The van der Waals surface area contributed by atoms with Crippen LogP contribution in [0.25, 0.3) is 16.5 Å². The highest BCUT2D eigenvalue weighted by atomic mass is 32.1. The fraction of sp³-hybridized carbons (Fsp3) is 0.182. The number of nitrogens with zero attached hydrogens (tertiary/aromatic N) is 4. The summed E-state index contributed by atoms with van der Waals surface area (Å²) in [6, 6.07) is 11.1. The molecule has 3 heterocycles. The first-order valence-electron chi connectivity index (χ1n) is 9.76. The number of azo groups is 1. The summed E-state index contributed by atoms with van der Waals surface area (Å²) in [6.45, 7) is 0. The topological polar surface area (TPSA) is 117 Å². The van der Waals surface area contributed by atoms with E-state index in [2.05, 4.69) is 16.3 Å². The van der Waals surface area contributed by atoms with Gasteiger partial charge in [-0.15, -0.1) is 32.9 Å². The Balaban J connectivity index is 1.72. The van der Waals surface area contributed by atoms with Gasteiger partial charge < -0.3 is 10.8 Å². The van der Waals surface area contributed by atoms with Crippen LogP contribution >= 0.6 is 22.7 Å². The van der Waals surface area contributed by atoms with Gasteiger partial charge in [-0.1, -0.05) is 18.2 Å². The van der Waals surface area contributed by atoms with Gasteiger partial charge in [-0.05, 0) is 43.4 Å². The highest BCUT2D eigenvalue weighted by molar-refractivity contribution is 7.16. The van der Waals surface area contributed by atoms with Gasteiger partial charge >= 0.3 is 0 Å². The fourth-order valence-corrected chi connectivity index (χ4v) is 5.90. The van der Waals surface area contributed by atoms with Crippen LogP contribution in [0.2, 0.25) is 0 Å². The number of pyridine rings is 1. The van der Waals surface area contributed by atoms with Crippen LogP contribution in [0.5, 0.6) is 5.88 Å². The summed E-state index contributed by atoms with van der Waals surface area (Å²) < 4.78 is 1.18. The van der Waals surface area contributed by atoms with Gasteiger partial charge in [0.2, 0.25) is 5.88 Å². The van der Waals surface area contributed by atoms with E-state index in [0.29, 0.717) is 32.0 Å². The van der Waals surface area contributed by atoms with E-state index in [1.54, 1.807) is 29.6 Å². The molecule has 0 unspecified atom stereocenters. The van der Waals surface area contributed by atoms with E-state index >= 15 is 0 Å². The summed E-state index contributed by atoms with van der Waals surface area (Å²) in [7, 11) is 0. The van der Waals surface area contributed by atoms with Gasteiger partial charge in [0, 0.05) is 15.6 Å². The van der Waals surface area contributed by atoms with Crippen molar-refractivity contribution >= 4 is 49.1 Å². The van der Waals surface area contributed by atoms with Crippen molar-refractivity contribution in [2.45, 2.75) is 25.7 Å². The second-order valence-electron chi connectivity index (χ2n) is 7.24. The average molecular weight is 448 g/mol. The van der Waals surface area contributed by atoms with E-state index in [0.717, 1.165) is 31.2 Å². The van der Waals surface area contributed by atoms with Crippen molar-refractivity contribution in [1.29, 1.82) is 5.26 Å². The van der Waals surface area contributed by atoms with Crippen molar-refractivity contribution in [3.05, 3.63) is 62.1 Å². The largest absolute Gasteiger partial charge is 0.493 e. The second kappa shape index (κ2) is 7.65. The third-order valence-corrected chi connectivity index (χ3v) is 7.42. The molecule has 0 radical (unpaired) electrons. The van der Waals surface area contributed by atoms with Gasteiger partial charge in [0.05, 0.1) is 21.6 Å². The van der Waals surface area contributed by atoms with Crippen molar-refractivity contribution in [2.24, 2.45) is 10.2 Å². The number of nitriles is 1. The van der Waals surface area contributed by atoms with Crippen molar-refractivity contribution in [3.63, 3.8) is 0 Å². The average Bonchev–Trinajstić information content (AvgIpc) is 3.34. The van der Waals surface area contributed by atoms with E-state index in [9.17, 15) is 15.2 Å². The van der Waals surface area contributed by atoms with Crippen molar-refractivity contribution in [2.75, 3.05) is 5.73 Å². The molecule has 1 aliphatic rings. The lowest BCUT2D eigenvalue weighted by molar-refractivity contribution is 0.438. The number of aryl methyl sites for hydroxylation is 1. The molecule has 0 saturated heterocycles. The monoisotopic (exact) mass is 447 g/mol. The van der Waals surface area contributed by atoms with Crippen LogP contribution in [0.15, 0.2) is 50.7 Å². The summed E-state index contributed by atoms with van der Waals surface area (Å²) >= 11 is 2.68. The van der Waals surface area contributed by atoms with Crippen molar-refractivity contribution < 1.29 is 5.11 Å². The number of hydrogen-bond donors (Lipinski definition) is 2. The van der Waals surface area contributed by atoms with Crippen LogP contribution in [0, 0.1) is 11.3 Å². The van der Waals surface area contributed by atoms with Crippen LogP contribution in [0.4, 0.5) is 15.7 Å². The number of aromatic hydroxyl groups is 1. The van der Waals surface area contributed by atoms with Gasteiger partial charge in [-0.2, -0.15) is 5.26 Å². The molecule has 154 valence electrons. The van der Waals surface area contributed by atoms with Crippen molar-refractivity contribution in [3.8, 4) is 17.6 Å². The maximum Gasteiger partial charge on any atom is 0.268 e. The minimum atomic E-state index is -0.416. The zero-order valence-corrected chi connectivity index (χ0v) is 18.0. The molecular formula is C22H17N5O2S2. The number of nitrogen functional groups attached to an aromatic ring is 1. The standard InChI is InChI=1S/C22H17N5O2S2/c23-10-14-13-8-4-5-9-16(13)31-20(14)26-25-18-15-11-30-19(24)17(15)21(28)27(22(18)29)12-6-2-1-3-7-12/h1-3,6-7,11,29H,4-5,8-9,24H2. The zero-order chi connectivity index (χ0) is 21.5. The number of fused-ring (bicyclic) bond motifs is 2. The van der Waals surface area contributed by atoms with E-state index in [1.807, 2.05) is 6.07 Å². The van der Waals surface area contributed by atoms with Gasteiger partial charge in [-0.25, -0.2) is 4.57 Å². The van der Waals surface area contributed by atoms with Crippen LogP contribution < -0.4 is 11.3 Å². The molecule has 3 N–H and O–H groups in total. The minimum Gasteiger partial charge on any atom is -0.493 e. The lowest BCUT2D eigenvalue weighted by Gasteiger charge is -2.11. The molecule has 0 amide bonds. The molecule has 0 bridgehead atoms. The molecule has 9 heteroatoms. The molecular weight excluding hydrogens is 430 g/mol. The van der Waals surface area contributed by atoms with Crippen molar-refractivity contribution in [1.82, 2.24) is 4.57 Å². The first-order valence-corrected chi connectivity index (χ1v) is 11.5. The van der Waals surface area contributed by atoms with Crippen LogP contribution in [0.3, 0.4) is 0 Å². The third-order valence-electron chi connectivity index (χ3n) is 5.43. The highest BCUT2D eigenvalue weighted by Gasteiger charge is 2.23. The first-order chi connectivity index (χ1) is 15.1. The summed E-state index contributed by atoms with van der Waals surface area (Å²) in [5.74, 6) is -0.315. The Hall–Kier alpha value is -3.48. The SMILES string of the molecule is N#Cc1c(N=Nc2c(O)n(-c3ccccc3)c(=O)c3c(N)scc23)sc2c1CCCC2. The predicted octanol–water partition coefficient (Wildman–Crippen LogP) is 5.57. The van der Waals surface area contributed by atoms with E-state index in [4.69, 9.17) is 5.73 Å². The summed E-state index contributed by atoms with van der Waals surface area (Å²) in [5.41, 5.74) is 7.93. The summed E-state index contributed by atoms with van der Waals surface area (Å²) in [5, 5.41) is 32.7. The maximum atomic E-state index is 13.1. The van der Waals surface area contributed by atoms with Gasteiger partial charge in [0.25, 0.3) is 5.56 Å². The number of thiophene rings is 2. The third kappa shape index (κ3) is 3.12. The molecule has 5 rings (SSSR count). The minimum absolute atomic E-state index is 0.154. The van der Waals surface area contributed by atoms with Crippen LogP contribution in [-0.4, -0.2) is 9.67 Å². The molecule has 1 aromatic carbocycles. The fourth-order valence-electron chi connectivity index (χ4n) is 3.95. The Kier molecular flexibility index (Phi) is 4.81. The molecule has 3 aromatic heterocycles. The smallest absolute Gasteiger partial charge is 0.268 e. The molecule has 7 nitrogen and oxygen atoms in total. The predicted molar refractivity (Wildman–Crippen MR) is 123 cm³/mol. The Morgan fingerprint density at radius 3 is 2.71 bits per heavy atom. The number of nitrogens with two attached hydrogens (primary N) is 1. The molecule has 1 aliphatic carbocycles. The quantitative estimate of drug-likeness (QED) is 0.399. The Morgan fingerprint density at radius 1 is 1.16 bits per heavy atom. The Morgan fingerprint density at radius 2 is 1.94 bits per heavy atom. The zero-order valence-electron chi connectivity index (χ0n) is 16.3. The molecule has 0 aliphatic heterocycles. The lowest BCUT2D eigenvalue weighted by Crippen LogP contribution is -2.18. The summed E-state index contributed by atoms with van der Waals surface area (Å²) in [4.78, 5) is 14.3. The van der Waals surface area contributed by atoms with Gasteiger partial charge in [0.1, 0.15) is 6.07 Å². The van der Waals surface area contributed by atoms with E-state index < -0.39 is 5.56 Å². The lowest BCUT2D eigenvalue weighted by atomic mass is 9.96. The van der Waals surface area contributed by atoms with Crippen LogP contribution in [-0.2, 0) is 12.8 Å². The van der Waals surface area contributed by atoms with Gasteiger partial charge in [0.15, 0.2) is 10.7 Å². The molecule has 0 fully saturated rings. The molecule has 31 heavy (non-hydrogen) atoms. The molecule has 0 spiro atoms. The second-order valence-corrected chi connectivity index (χ2v) is 9.23.